The molecule has 4 nitrogen and oxygen atoms in total. The summed E-state index contributed by atoms with van der Waals surface area (Å²) in [4.78, 5) is 4.23. The van der Waals surface area contributed by atoms with Crippen LogP contribution in [0.2, 0.25) is 0 Å². The number of nitrogens with one attached hydrogen (secondary N) is 1. The third-order valence-corrected chi connectivity index (χ3v) is 3.02. The van der Waals surface area contributed by atoms with Crippen LogP contribution in [0.1, 0.15) is 36.6 Å². The summed E-state index contributed by atoms with van der Waals surface area (Å²) in [6.45, 7) is 6.05. The van der Waals surface area contributed by atoms with Crippen LogP contribution >= 0.6 is 0 Å². The summed E-state index contributed by atoms with van der Waals surface area (Å²) >= 11 is 0. The first kappa shape index (κ1) is 14.5. The summed E-state index contributed by atoms with van der Waals surface area (Å²) in [5, 5.41) is 0. The lowest BCUT2D eigenvalue weighted by atomic mass is 10.00. The van der Waals surface area contributed by atoms with Gasteiger partial charge in [0.15, 0.2) is 0 Å². The molecular weight excluding hydrogens is 250 g/mol. The quantitative estimate of drug-likeness (QED) is 0.648. The van der Waals surface area contributed by atoms with Gasteiger partial charge >= 0.3 is 0 Å². The number of hydrogen-bond donors (Lipinski definition) is 2. The highest BCUT2D eigenvalue weighted by Crippen LogP contribution is 2.24. The van der Waals surface area contributed by atoms with Crippen LogP contribution < -0.4 is 16.0 Å². The van der Waals surface area contributed by atoms with Crippen LogP contribution in [-0.2, 0) is 0 Å². The predicted molar refractivity (Wildman–Crippen MR) is 80.3 cm³/mol. The molecule has 0 fully saturated rings. The van der Waals surface area contributed by atoms with Crippen molar-refractivity contribution in [2.75, 3.05) is 0 Å². The lowest BCUT2D eigenvalue weighted by Crippen LogP contribution is -2.29. The van der Waals surface area contributed by atoms with Crippen molar-refractivity contribution in [1.29, 1.82) is 0 Å². The third-order valence-electron chi connectivity index (χ3n) is 3.02. The minimum absolute atomic E-state index is 0.0983. The van der Waals surface area contributed by atoms with Crippen molar-refractivity contribution < 1.29 is 4.74 Å². The molecule has 0 aliphatic heterocycles. The van der Waals surface area contributed by atoms with E-state index in [2.05, 4.69) is 41.6 Å². The maximum atomic E-state index is 5.71. The molecule has 0 aliphatic rings. The standard InChI is InChI=1S/C16H21N3O/c1-11(2)20-15-8-14(9-18-10-15)16(19-17)13-6-4-12(3)5-7-13/h4-11,16,19H,17H2,1-3H3. The van der Waals surface area contributed by atoms with Crippen molar-refractivity contribution in [3.63, 3.8) is 0 Å². The zero-order valence-corrected chi connectivity index (χ0v) is 12.1. The number of nitrogens with two attached hydrogens (primary N) is 1. The Hall–Kier alpha value is -1.91. The van der Waals surface area contributed by atoms with Gasteiger partial charge in [-0.3, -0.25) is 10.8 Å². The zero-order valence-electron chi connectivity index (χ0n) is 12.1. The lowest BCUT2D eigenvalue weighted by molar-refractivity contribution is 0.241. The molecule has 106 valence electrons. The van der Waals surface area contributed by atoms with Gasteiger partial charge in [0.25, 0.3) is 0 Å². The van der Waals surface area contributed by atoms with Crippen molar-refractivity contribution in [3.05, 3.63) is 59.4 Å². The fourth-order valence-corrected chi connectivity index (χ4v) is 2.07. The SMILES string of the molecule is Cc1ccc(C(NN)c2cncc(OC(C)C)c2)cc1. The van der Waals surface area contributed by atoms with E-state index in [1.165, 1.54) is 5.56 Å². The Bertz CT molecular complexity index is 552. The lowest BCUT2D eigenvalue weighted by Gasteiger charge is -2.18. The molecule has 4 heteroatoms. The Kier molecular flexibility index (Phi) is 4.71. The van der Waals surface area contributed by atoms with Crippen LogP contribution in [0.3, 0.4) is 0 Å². The van der Waals surface area contributed by atoms with Crippen molar-refractivity contribution in [2.24, 2.45) is 5.84 Å². The van der Waals surface area contributed by atoms with E-state index in [1.807, 2.05) is 19.9 Å². The van der Waals surface area contributed by atoms with Gasteiger partial charge in [-0.15, -0.1) is 0 Å². The second-order valence-corrected chi connectivity index (χ2v) is 5.13. The number of hydrogen-bond acceptors (Lipinski definition) is 4. The average Bonchev–Trinajstić information content (AvgIpc) is 2.41. The minimum atomic E-state index is -0.0983. The minimum Gasteiger partial charge on any atom is -0.489 e. The average molecular weight is 271 g/mol. The Morgan fingerprint density at radius 1 is 1.10 bits per heavy atom. The fraction of sp³-hybridized carbons (Fsp3) is 0.312. The van der Waals surface area contributed by atoms with Crippen LogP contribution in [0.25, 0.3) is 0 Å². The number of hydrazine groups is 1. The molecule has 1 aromatic heterocycles. The van der Waals surface area contributed by atoms with Gasteiger partial charge in [-0.1, -0.05) is 29.8 Å². The number of nitrogens with zero attached hydrogens (tertiary/aromatic N) is 1. The summed E-state index contributed by atoms with van der Waals surface area (Å²) in [6.07, 6.45) is 3.64. The Morgan fingerprint density at radius 3 is 2.40 bits per heavy atom. The van der Waals surface area contributed by atoms with E-state index in [0.29, 0.717) is 0 Å². The molecular formula is C16H21N3O. The molecule has 1 aromatic carbocycles. The van der Waals surface area contributed by atoms with Gasteiger partial charge in [0.05, 0.1) is 18.3 Å². The van der Waals surface area contributed by atoms with Gasteiger partial charge in [0.2, 0.25) is 0 Å². The van der Waals surface area contributed by atoms with E-state index in [9.17, 15) is 0 Å². The first-order valence-electron chi connectivity index (χ1n) is 6.74. The van der Waals surface area contributed by atoms with Crippen LogP contribution in [0.15, 0.2) is 42.7 Å². The second-order valence-electron chi connectivity index (χ2n) is 5.13. The van der Waals surface area contributed by atoms with E-state index >= 15 is 0 Å². The molecule has 0 bridgehead atoms. The number of aryl methyl sites for hydroxylation is 1. The molecule has 0 amide bonds. The van der Waals surface area contributed by atoms with E-state index in [-0.39, 0.29) is 12.1 Å². The molecule has 1 unspecified atom stereocenters. The maximum absolute atomic E-state index is 5.71. The highest BCUT2D eigenvalue weighted by molar-refractivity contribution is 5.35. The third kappa shape index (κ3) is 3.56. The normalized spacial score (nSPS) is 12.4. The van der Waals surface area contributed by atoms with Crippen molar-refractivity contribution in [1.82, 2.24) is 10.4 Å². The van der Waals surface area contributed by atoms with E-state index in [1.54, 1.807) is 12.4 Å². The Labute approximate surface area is 120 Å². The first-order valence-corrected chi connectivity index (χ1v) is 6.74. The van der Waals surface area contributed by atoms with Crippen molar-refractivity contribution in [2.45, 2.75) is 32.9 Å². The van der Waals surface area contributed by atoms with Crippen molar-refractivity contribution >= 4 is 0 Å². The largest absolute Gasteiger partial charge is 0.489 e. The fourth-order valence-electron chi connectivity index (χ4n) is 2.07. The van der Waals surface area contributed by atoms with E-state index in [4.69, 9.17) is 10.6 Å². The molecule has 1 atom stereocenters. The number of ether oxygens (including phenoxy) is 1. The highest BCUT2D eigenvalue weighted by Gasteiger charge is 2.13. The zero-order chi connectivity index (χ0) is 14.5. The summed E-state index contributed by atoms with van der Waals surface area (Å²) in [5.41, 5.74) is 6.14. The Balaban J connectivity index is 2.29. The molecule has 2 rings (SSSR count). The topological polar surface area (TPSA) is 60.2 Å². The molecule has 0 spiro atoms. The van der Waals surface area contributed by atoms with Crippen LogP contribution in [-0.4, -0.2) is 11.1 Å². The number of benzene rings is 1. The van der Waals surface area contributed by atoms with Crippen LogP contribution in [0.4, 0.5) is 0 Å². The molecule has 1 heterocycles. The van der Waals surface area contributed by atoms with Crippen LogP contribution in [0.5, 0.6) is 5.75 Å². The molecule has 3 N–H and O–H groups in total. The van der Waals surface area contributed by atoms with E-state index in [0.717, 1.165) is 16.9 Å². The molecule has 0 saturated heterocycles. The predicted octanol–water partition coefficient (Wildman–Crippen LogP) is 2.73. The van der Waals surface area contributed by atoms with Crippen molar-refractivity contribution in [3.8, 4) is 5.75 Å². The summed E-state index contributed by atoms with van der Waals surface area (Å²) in [5.74, 6) is 6.46. The van der Waals surface area contributed by atoms with Gasteiger partial charge in [-0.25, -0.2) is 5.43 Å². The van der Waals surface area contributed by atoms with Crippen LogP contribution in [0, 0.1) is 6.92 Å². The van der Waals surface area contributed by atoms with Gasteiger partial charge < -0.3 is 4.74 Å². The summed E-state index contributed by atoms with van der Waals surface area (Å²) < 4.78 is 5.67. The molecule has 0 radical (unpaired) electrons. The second kappa shape index (κ2) is 6.50. The molecule has 2 aromatic rings. The van der Waals surface area contributed by atoms with Gasteiger partial charge in [0.1, 0.15) is 5.75 Å². The van der Waals surface area contributed by atoms with Gasteiger partial charge in [-0.2, -0.15) is 0 Å². The first-order chi connectivity index (χ1) is 9.60. The van der Waals surface area contributed by atoms with E-state index < -0.39 is 0 Å². The summed E-state index contributed by atoms with van der Waals surface area (Å²) in [6, 6.07) is 10.1. The molecule has 20 heavy (non-hydrogen) atoms. The van der Waals surface area contributed by atoms with Gasteiger partial charge in [0, 0.05) is 6.20 Å². The highest BCUT2D eigenvalue weighted by atomic mass is 16.5. The number of rotatable bonds is 5. The maximum Gasteiger partial charge on any atom is 0.138 e. The monoisotopic (exact) mass is 271 g/mol. The Morgan fingerprint density at radius 2 is 1.80 bits per heavy atom. The molecule has 0 saturated carbocycles. The molecule has 0 aliphatic carbocycles. The van der Waals surface area contributed by atoms with Gasteiger partial charge in [-0.05, 0) is 38.0 Å². The summed E-state index contributed by atoms with van der Waals surface area (Å²) in [7, 11) is 0. The smallest absolute Gasteiger partial charge is 0.138 e. The number of aromatic nitrogens is 1. The number of pyridine rings is 1.